The van der Waals surface area contributed by atoms with Crippen LogP contribution in [-0.2, 0) is 6.18 Å². The first kappa shape index (κ1) is 14.3. The van der Waals surface area contributed by atoms with Crippen LogP contribution in [0.1, 0.15) is 11.1 Å². The molecule has 7 heteroatoms. The minimum Gasteiger partial charge on any atom is -0.339 e. The third-order valence-electron chi connectivity index (χ3n) is 2.46. The molecule has 0 atom stereocenters. The lowest BCUT2D eigenvalue weighted by Crippen LogP contribution is -2.06. The van der Waals surface area contributed by atoms with Gasteiger partial charge in [0.15, 0.2) is 0 Å². The molecule has 1 aromatic heterocycles. The van der Waals surface area contributed by atoms with E-state index in [0.29, 0.717) is 5.82 Å². The highest BCUT2D eigenvalue weighted by Gasteiger charge is 2.31. The predicted octanol–water partition coefficient (Wildman–Crippen LogP) is 4.48. The molecule has 3 nitrogen and oxygen atoms in total. The number of halogens is 4. The molecule has 2 rings (SSSR count). The van der Waals surface area contributed by atoms with Gasteiger partial charge in [-0.1, -0.05) is 0 Å². The zero-order valence-corrected chi connectivity index (χ0v) is 11.5. The van der Waals surface area contributed by atoms with E-state index in [1.165, 1.54) is 6.07 Å². The first-order chi connectivity index (χ1) is 9.40. The Balaban J connectivity index is 2.33. The summed E-state index contributed by atoms with van der Waals surface area (Å²) < 4.78 is 38.5. The summed E-state index contributed by atoms with van der Waals surface area (Å²) in [6.07, 6.45) is -2.93. The van der Waals surface area contributed by atoms with E-state index in [4.69, 9.17) is 5.26 Å². The van der Waals surface area contributed by atoms with Gasteiger partial charge in [-0.3, -0.25) is 0 Å². The van der Waals surface area contributed by atoms with Crippen molar-refractivity contribution < 1.29 is 13.2 Å². The van der Waals surface area contributed by atoms with E-state index in [0.717, 1.165) is 16.6 Å². The van der Waals surface area contributed by atoms with E-state index in [2.05, 4.69) is 26.2 Å². The topological polar surface area (TPSA) is 48.7 Å². The zero-order chi connectivity index (χ0) is 14.8. The molecule has 0 spiro atoms. The minimum absolute atomic E-state index is 0.0930. The minimum atomic E-state index is -4.47. The van der Waals surface area contributed by atoms with Gasteiger partial charge in [0.05, 0.1) is 16.8 Å². The Morgan fingerprint density at radius 3 is 2.50 bits per heavy atom. The second-order valence-electron chi connectivity index (χ2n) is 3.86. The molecular weight excluding hydrogens is 335 g/mol. The third-order valence-corrected chi connectivity index (χ3v) is 2.93. The molecule has 0 radical (unpaired) electrons. The fraction of sp³-hybridized carbons (Fsp3) is 0.0769. The van der Waals surface area contributed by atoms with E-state index in [1.54, 1.807) is 24.4 Å². The third kappa shape index (κ3) is 3.27. The summed E-state index contributed by atoms with van der Waals surface area (Å²) in [5.74, 6) is 0.435. The Labute approximate surface area is 121 Å². The van der Waals surface area contributed by atoms with Crippen molar-refractivity contribution in [3.05, 3.63) is 52.1 Å². The number of pyridine rings is 1. The largest absolute Gasteiger partial charge is 0.416 e. The van der Waals surface area contributed by atoms with Gasteiger partial charge in [-0.15, -0.1) is 0 Å². The average molecular weight is 342 g/mol. The van der Waals surface area contributed by atoms with E-state index in [1.807, 2.05) is 0 Å². The maximum Gasteiger partial charge on any atom is 0.416 e. The summed E-state index contributed by atoms with van der Waals surface area (Å²) in [6.45, 7) is 0. The van der Waals surface area contributed by atoms with Crippen molar-refractivity contribution in [3.63, 3.8) is 0 Å². The van der Waals surface area contributed by atoms with Crippen LogP contribution in [0.5, 0.6) is 0 Å². The van der Waals surface area contributed by atoms with Crippen LogP contribution < -0.4 is 5.32 Å². The van der Waals surface area contributed by atoms with Gasteiger partial charge in [0.1, 0.15) is 11.9 Å². The molecule has 0 aliphatic carbocycles. The summed E-state index contributed by atoms with van der Waals surface area (Å²) in [5, 5.41) is 11.8. The van der Waals surface area contributed by atoms with E-state index >= 15 is 0 Å². The molecule has 1 aromatic carbocycles. The molecule has 0 aliphatic heterocycles. The highest BCUT2D eigenvalue weighted by Crippen LogP contribution is 2.32. The quantitative estimate of drug-likeness (QED) is 0.876. The van der Waals surface area contributed by atoms with Crippen molar-refractivity contribution >= 4 is 27.4 Å². The molecule has 1 heterocycles. The summed E-state index contributed by atoms with van der Waals surface area (Å²) in [6, 6.07) is 8.05. The predicted molar refractivity (Wildman–Crippen MR) is 71.4 cm³/mol. The lowest BCUT2D eigenvalue weighted by Gasteiger charge is -2.11. The van der Waals surface area contributed by atoms with E-state index < -0.39 is 11.7 Å². The number of nitriles is 1. The second kappa shape index (κ2) is 5.51. The van der Waals surface area contributed by atoms with Gasteiger partial charge in [-0.05, 0) is 46.3 Å². The molecule has 2 aromatic rings. The number of aromatic nitrogens is 1. The van der Waals surface area contributed by atoms with Crippen LogP contribution in [0.15, 0.2) is 41.0 Å². The first-order valence-corrected chi connectivity index (χ1v) is 6.19. The van der Waals surface area contributed by atoms with Gasteiger partial charge in [0, 0.05) is 10.7 Å². The lowest BCUT2D eigenvalue weighted by molar-refractivity contribution is -0.137. The molecule has 0 fully saturated rings. The van der Waals surface area contributed by atoms with Crippen LogP contribution in [0.25, 0.3) is 0 Å². The van der Waals surface area contributed by atoms with Crippen LogP contribution in [-0.4, -0.2) is 4.98 Å². The Morgan fingerprint density at radius 2 is 1.95 bits per heavy atom. The van der Waals surface area contributed by atoms with Gasteiger partial charge >= 0.3 is 6.18 Å². The number of alkyl halides is 3. The summed E-state index contributed by atoms with van der Waals surface area (Å²) in [5.41, 5.74) is -0.678. The van der Waals surface area contributed by atoms with Gasteiger partial charge in [-0.25, -0.2) is 4.98 Å². The van der Waals surface area contributed by atoms with Crippen LogP contribution in [0.2, 0.25) is 0 Å². The smallest absolute Gasteiger partial charge is 0.339 e. The molecule has 0 unspecified atom stereocenters. The number of benzene rings is 1. The van der Waals surface area contributed by atoms with Crippen LogP contribution >= 0.6 is 15.9 Å². The molecule has 0 saturated carbocycles. The van der Waals surface area contributed by atoms with Crippen molar-refractivity contribution in [2.45, 2.75) is 6.18 Å². The standard InChI is InChI=1S/C13H7BrF3N3/c14-10-2-4-12(19-7-10)20-11-3-1-9(13(15,16)17)5-8(11)6-18/h1-5,7H,(H,19,20). The number of nitrogens with one attached hydrogen (secondary N) is 1. The normalized spacial score (nSPS) is 10.9. The number of rotatable bonds is 2. The van der Waals surface area contributed by atoms with E-state index in [9.17, 15) is 13.2 Å². The van der Waals surface area contributed by atoms with Crippen LogP contribution in [0, 0.1) is 11.3 Å². The van der Waals surface area contributed by atoms with Gasteiger partial charge in [0.2, 0.25) is 0 Å². The molecule has 20 heavy (non-hydrogen) atoms. The molecule has 102 valence electrons. The maximum atomic E-state index is 12.6. The fourth-order valence-electron chi connectivity index (χ4n) is 1.51. The maximum absolute atomic E-state index is 12.6. The fourth-order valence-corrected chi connectivity index (χ4v) is 1.74. The van der Waals surface area contributed by atoms with Gasteiger partial charge < -0.3 is 5.32 Å². The highest BCUT2D eigenvalue weighted by atomic mass is 79.9. The van der Waals surface area contributed by atoms with Crippen molar-refractivity contribution in [1.82, 2.24) is 4.98 Å². The molecular formula is C13H7BrF3N3. The van der Waals surface area contributed by atoms with Gasteiger partial charge in [0.25, 0.3) is 0 Å². The Bertz CT molecular complexity index is 660. The Kier molecular flexibility index (Phi) is 3.95. The Hall–Kier alpha value is -2.07. The van der Waals surface area contributed by atoms with Crippen LogP contribution in [0.4, 0.5) is 24.7 Å². The number of nitrogens with zero attached hydrogens (tertiary/aromatic N) is 2. The molecule has 0 aliphatic rings. The van der Waals surface area contributed by atoms with Crippen molar-refractivity contribution in [1.29, 1.82) is 5.26 Å². The number of hydrogen-bond acceptors (Lipinski definition) is 3. The van der Waals surface area contributed by atoms with Gasteiger partial charge in [-0.2, -0.15) is 18.4 Å². The monoisotopic (exact) mass is 341 g/mol. The van der Waals surface area contributed by atoms with Crippen molar-refractivity contribution in [2.24, 2.45) is 0 Å². The number of anilines is 2. The summed E-state index contributed by atoms with van der Waals surface area (Å²) in [4.78, 5) is 4.03. The molecule has 1 N–H and O–H groups in total. The lowest BCUT2D eigenvalue weighted by atomic mass is 10.1. The number of hydrogen-bond donors (Lipinski definition) is 1. The van der Waals surface area contributed by atoms with E-state index in [-0.39, 0.29) is 11.3 Å². The highest BCUT2D eigenvalue weighted by molar-refractivity contribution is 9.10. The molecule has 0 amide bonds. The first-order valence-electron chi connectivity index (χ1n) is 5.40. The molecule has 0 bridgehead atoms. The zero-order valence-electron chi connectivity index (χ0n) is 9.87. The Morgan fingerprint density at radius 1 is 1.20 bits per heavy atom. The average Bonchev–Trinajstić information content (AvgIpc) is 2.40. The van der Waals surface area contributed by atoms with Crippen molar-refractivity contribution in [3.8, 4) is 6.07 Å². The van der Waals surface area contributed by atoms with Crippen LogP contribution in [0.3, 0.4) is 0 Å². The summed E-state index contributed by atoms with van der Waals surface area (Å²) in [7, 11) is 0. The van der Waals surface area contributed by atoms with Crippen molar-refractivity contribution in [2.75, 3.05) is 5.32 Å². The SMILES string of the molecule is N#Cc1cc(C(F)(F)F)ccc1Nc1ccc(Br)cn1. The second-order valence-corrected chi connectivity index (χ2v) is 4.77. The summed E-state index contributed by atoms with van der Waals surface area (Å²) >= 11 is 3.22. The molecule has 0 saturated heterocycles.